The summed E-state index contributed by atoms with van der Waals surface area (Å²) in [5.41, 5.74) is 3.94. The Hall–Kier alpha value is -1.49. The molecule has 1 rings (SSSR count). The lowest BCUT2D eigenvalue weighted by Gasteiger charge is -2.28. The average Bonchev–Trinajstić information content (AvgIpc) is 2.39. The van der Waals surface area contributed by atoms with Crippen LogP contribution < -0.4 is 0 Å². The fourth-order valence-corrected chi connectivity index (χ4v) is 2.83. The molecule has 1 aromatic rings. The third-order valence-electron chi connectivity index (χ3n) is 4.29. The molecule has 2 heteroatoms. The Bertz CT molecular complexity index is 509. The van der Waals surface area contributed by atoms with Crippen molar-refractivity contribution >= 4 is 0 Å². The Labute approximate surface area is 123 Å². The molecule has 0 aromatic heterocycles. The van der Waals surface area contributed by atoms with Crippen molar-refractivity contribution in [2.75, 3.05) is 0 Å². The van der Waals surface area contributed by atoms with Gasteiger partial charge in [-0.15, -0.1) is 0 Å². The van der Waals surface area contributed by atoms with E-state index in [0.717, 1.165) is 28.7 Å². The predicted octanol–water partition coefficient (Wildman–Crippen LogP) is 4.93. The van der Waals surface area contributed by atoms with Gasteiger partial charge in [-0.25, -0.2) is 0 Å². The van der Waals surface area contributed by atoms with Crippen molar-refractivity contribution in [3.05, 3.63) is 28.3 Å². The lowest BCUT2D eigenvalue weighted by molar-refractivity contribution is 0.405. The van der Waals surface area contributed by atoms with E-state index in [2.05, 4.69) is 32.9 Å². The first-order valence-corrected chi connectivity index (χ1v) is 7.54. The number of phenolic OH excluding ortho intramolecular Hbond substituents is 1. The summed E-state index contributed by atoms with van der Waals surface area (Å²) in [5, 5.41) is 19.4. The van der Waals surface area contributed by atoms with Crippen LogP contribution in [0.4, 0.5) is 0 Å². The third kappa shape index (κ3) is 3.54. The molecule has 0 aliphatic carbocycles. The van der Waals surface area contributed by atoms with Crippen LogP contribution in [0, 0.1) is 25.2 Å². The molecule has 0 spiro atoms. The normalized spacial score (nSPS) is 11.4. The quantitative estimate of drug-likeness (QED) is 0.747. The standard InChI is InChI=1S/C18H27NO/c1-6-7-8-10-18(4,5)16-12-13(2)15(9-11-19)14(3)17(16)20/h12,20H,6-10H2,1-5H3. The molecule has 1 aromatic carbocycles. The molecule has 20 heavy (non-hydrogen) atoms. The summed E-state index contributed by atoms with van der Waals surface area (Å²) in [6.07, 6.45) is 5.06. The topological polar surface area (TPSA) is 44.0 Å². The number of rotatable bonds is 6. The third-order valence-corrected chi connectivity index (χ3v) is 4.29. The number of aromatic hydroxyl groups is 1. The van der Waals surface area contributed by atoms with Crippen LogP contribution in [-0.4, -0.2) is 5.11 Å². The van der Waals surface area contributed by atoms with E-state index in [4.69, 9.17) is 5.26 Å². The van der Waals surface area contributed by atoms with E-state index < -0.39 is 0 Å². The lowest BCUT2D eigenvalue weighted by atomic mass is 9.77. The van der Waals surface area contributed by atoms with Crippen molar-refractivity contribution in [1.29, 1.82) is 5.26 Å². The van der Waals surface area contributed by atoms with Crippen LogP contribution in [0.15, 0.2) is 6.07 Å². The van der Waals surface area contributed by atoms with E-state index in [1.165, 1.54) is 19.3 Å². The van der Waals surface area contributed by atoms with Crippen LogP contribution in [0.5, 0.6) is 5.75 Å². The summed E-state index contributed by atoms with van der Waals surface area (Å²) in [4.78, 5) is 0. The number of aryl methyl sites for hydroxylation is 1. The van der Waals surface area contributed by atoms with Crippen molar-refractivity contribution in [2.24, 2.45) is 0 Å². The molecule has 0 heterocycles. The van der Waals surface area contributed by atoms with Crippen molar-refractivity contribution in [2.45, 2.75) is 72.1 Å². The van der Waals surface area contributed by atoms with Gasteiger partial charge < -0.3 is 5.11 Å². The van der Waals surface area contributed by atoms with Gasteiger partial charge in [-0.05, 0) is 42.4 Å². The Morgan fingerprint density at radius 3 is 2.45 bits per heavy atom. The van der Waals surface area contributed by atoms with Crippen molar-refractivity contribution in [3.63, 3.8) is 0 Å². The van der Waals surface area contributed by atoms with Gasteiger partial charge in [0.25, 0.3) is 0 Å². The molecule has 0 radical (unpaired) electrons. The molecule has 0 bridgehead atoms. The number of nitriles is 1. The maximum atomic E-state index is 10.5. The number of nitrogens with zero attached hydrogens (tertiary/aromatic N) is 1. The van der Waals surface area contributed by atoms with E-state index in [9.17, 15) is 5.11 Å². The monoisotopic (exact) mass is 273 g/mol. The molecule has 0 amide bonds. The first-order chi connectivity index (χ1) is 9.35. The average molecular weight is 273 g/mol. The number of benzene rings is 1. The highest BCUT2D eigenvalue weighted by molar-refractivity contribution is 5.52. The highest BCUT2D eigenvalue weighted by atomic mass is 16.3. The number of phenols is 1. The fraction of sp³-hybridized carbons (Fsp3) is 0.611. The van der Waals surface area contributed by atoms with Gasteiger partial charge in [0.15, 0.2) is 0 Å². The smallest absolute Gasteiger partial charge is 0.122 e. The Morgan fingerprint density at radius 2 is 1.90 bits per heavy atom. The Kier molecular flexibility index (Phi) is 5.62. The van der Waals surface area contributed by atoms with Crippen molar-refractivity contribution in [3.8, 4) is 11.8 Å². The molecular weight excluding hydrogens is 246 g/mol. The van der Waals surface area contributed by atoms with Crippen molar-refractivity contribution < 1.29 is 5.11 Å². The van der Waals surface area contributed by atoms with Crippen LogP contribution in [0.2, 0.25) is 0 Å². The SMILES string of the molecule is CCCCCC(C)(C)c1cc(C)c(CC#N)c(C)c1O. The molecule has 0 aliphatic heterocycles. The zero-order valence-electron chi connectivity index (χ0n) is 13.5. The van der Waals surface area contributed by atoms with Crippen LogP contribution in [0.25, 0.3) is 0 Å². The van der Waals surface area contributed by atoms with E-state index in [1.807, 2.05) is 13.8 Å². The maximum absolute atomic E-state index is 10.5. The molecule has 2 nitrogen and oxygen atoms in total. The predicted molar refractivity (Wildman–Crippen MR) is 84.1 cm³/mol. The zero-order valence-corrected chi connectivity index (χ0v) is 13.5. The molecule has 0 aliphatic rings. The minimum absolute atomic E-state index is 0.0278. The summed E-state index contributed by atoms with van der Waals surface area (Å²) < 4.78 is 0. The lowest BCUT2D eigenvalue weighted by Crippen LogP contribution is -2.18. The van der Waals surface area contributed by atoms with Gasteiger partial charge in [-0.2, -0.15) is 5.26 Å². The maximum Gasteiger partial charge on any atom is 0.122 e. The molecular formula is C18H27NO. The first kappa shape index (κ1) is 16.6. The molecule has 0 unspecified atom stereocenters. The van der Waals surface area contributed by atoms with E-state index in [0.29, 0.717) is 12.2 Å². The summed E-state index contributed by atoms with van der Waals surface area (Å²) in [5.74, 6) is 0.377. The Balaban J connectivity index is 3.16. The summed E-state index contributed by atoms with van der Waals surface area (Å²) in [7, 11) is 0. The largest absolute Gasteiger partial charge is 0.507 e. The van der Waals surface area contributed by atoms with E-state index in [-0.39, 0.29) is 5.41 Å². The van der Waals surface area contributed by atoms with Crippen LogP contribution in [0.1, 0.15) is 68.7 Å². The second kappa shape index (κ2) is 6.79. The second-order valence-electron chi connectivity index (χ2n) is 6.37. The number of hydrogen-bond acceptors (Lipinski definition) is 2. The van der Waals surface area contributed by atoms with Crippen molar-refractivity contribution in [1.82, 2.24) is 0 Å². The molecule has 110 valence electrons. The number of unbranched alkanes of at least 4 members (excludes halogenated alkanes) is 2. The summed E-state index contributed by atoms with van der Waals surface area (Å²) in [6, 6.07) is 4.25. The van der Waals surface area contributed by atoms with Crippen LogP contribution >= 0.6 is 0 Å². The summed E-state index contributed by atoms with van der Waals surface area (Å²) >= 11 is 0. The van der Waals surface area contributed by atoms with Crippen LogP contribution in [0.3, 0.4) is 0 Å². The summed E-state index contributed by atoms with van der Waals surface area (Å²) in [6.45, 7) is 10.5. The minimum atomic E-state index is -0.0278. The van der Waals surface area contributed by atoms with Gasteiger partial charge in [-0.3, -0.25) is 0 Å². The van der Waals surface area contributed by atoms with Gasteiger partial charge in [0.05, 0.1) is 12.5 Å². The zero-order chi connectivity index (χ0) is 15.3. The minimum Gasteiger partial charge on any atom is -0.507 e. The van der Waals surface area contributed by atoms with Gasteiger partial charge >= 0.3 is 0 Å². The van der Waals surface area contributed by atoms with Gasteiger partial charge in [-0.1, -0.05) is 46.1 Å². The van der Waals surface area contributed by atoms with E-state index in [1.54, 1.807) is 0 Å². The second-order valence-corrected chi connectivity index (χ2v) is 6.37. The first-order valence-electron chi connectivity index (χ1n) is 7.54. The highest BCUT2D eigenvalue weighted by Crippen LogP contribution is 2.39. The molecule has 0 saturated heterocycles. The fourth-order valence-electron chi connectivity index (χ4n) is 2.83. The molecule has 0 fully saturated rings. The molecule has 0 saturated carbocycles. The number of hydrogen-bond donors (Lipinski definition) is 1. The van der Waals surface area contributed by atoms with Crippen LogP contribution in [-0.2, 0) is 11.8 Å². The van der Waals surface area contributed by atoms with Gasteiger partial charge in [0.1, 0.15) is 5.75 Å². The highest BCUT2D eigenvalue weighted by Gasteiger charge is 2.26. The van der Waals surface area contributed by atoms with Gasteiger partial charge in [0, 0.05) is 5.56 Å². The molecule has 0 atom stereocenters. The molecule has 1 N–H and O–H groups in total. The Morgan fingerprint density at radius 1 is 1.25 bits per heavy atom. The van der Waals surface area contributed by atoms with Gasteiger partial charge in [0.2, 0.25) is 0 Å². The van der Waals surface area contributed by atoms with E-state index >= 15 is 0 Å².